The number of carbonyl (C=O) groups is 2. The number of para-hydroxylation sites is 2. The van der Waals surface area contributed by atoms with E-state index in [1.54, 1.807) is 49.9 Å². The molecule has 3 aromatic carbocycles. The highest BCUT2D eigenvalue weighted by Gasteiger charge is 2.19. The minimum absolute atomic E-state index is 0.245. The second-order valence-corrected chi connectivity index (χ2v) is 8.43. The fourth-order valence-corrected chi connectivity index (χ4v) is 4.42. The van der Waals surface area contributed by atoms with E-state index in [0.29, 0.717) is 34.3 Å². The van der Waals surface area contributed by atoms with Gasteiger partial charge in [0.1, 0.15) is 10.7 Å². The van der Waals surface area contributed by atoms with Gasteiger partial charge in [-0.1, -0.05) is 48.5 Å². The third kappa shape index (κ3) is 5.67. The molecule has 178 valence electrons. The lowest BCUT2D eigenvalue weighted by atomic mass is 10.1. The van der Waals surface area contributed by atoms with Gasteiger partial charge in [-0.25, -0.2) is 4.98 Å². The zero-order valence-corrected chi connectivity index (χ0v) is 20.2. The third-order valence-corrected chi connectivity index (χ3v) is 6.21. The van der Waals surface area contributed by atoms with Crippen molar-refractivity contribution in [1.82, 2.24) is 10.3 Å². The highest BCUT2D eigenvalue weighted by molar-refractivity contribution is 7.13. The maximum absolute atomic E-state index is 13.0. The topological polar surface area (TPSA) is 89.5 Å². The number of thiazole rings is 1. The molecule has 0 atom stereocenters. The van der Waals surface area contributed by atoms with Gasteiger partial charge >= 0.3 is 0 Å². The zero-order valence-electron chi connectivity index (χ0n) is 19.4. The van der Waals surface area contributed by atoms with E-state index < -0.39 is 5.91 Å². The minimum atomic E-state index is -0.404. The van der Waals surface area contributed by atoms with Gasteiger partial charge in [-0.2, -0.15) is 0 Å². The van der Waals surface area contributed by atoms with Crippen LogP contribution in [0, 0.1) is 0 Å². The molecule has 4 rings (SSSR count). The molecule has 0 aliphatic rings. The molecule has 1 heterocycles. The monoisotopic (exact) mass is 487 g/mol. The van der Waals surface area contributed by atoms with E-state index in [4.69, 9.17) is 9.47 Å². The zero-order chi connectivity index (χ0) is 24.6. The quantitative estimate of drug-likeness (QED) is 0.345. The summed E-state index contributed by atoms with van der Waals surface area (Å²) in [6.45, 7) is 0.489. The van der Waals surface area contributed by atoms with Crippen LogP contribution in [0.3, 0.4) is 0 Å². The molecule has 0 aliphatic carbocycles. The largest absolute Gasteiger partial charge is 0.493 e. The van der Waals surface area contributed by atoms with Crippen LogP contribution in [-0.4, -0.2) is 37.6 Å². The number of amides is 2. The lowest BCUT2D eigenvalue weighted by Crippen LogP contribution is -2.27. The van der Waals surface area contributed by atoms with Crippen LogP contribution in [0.1, 0.15) is 26.4 Å². The van der Waals surface area contributed by atoms with Gasteiger partial charge in [-0.05, 0) is 36.2 Å². The van der Waals surface area contributed by atoms with Crippen LogP contribution in [0.5, 0.6) is 11.5 Å². The van der Waals surface area contributed by atoms with Crippen molar-refractivity contribution in [3.8, 4) is 22.1 Å². The molecule has 7 nitrogen and oxygen atoms in total. The molecule has 35 heavy (non-hydrogen) atoms. The van der Waals surface area contributed by atoms with Crippen molar-refractivity contribution in [3.05, 3.63) is 95.0 Å². The summed E-state index contributed by atoms with van der Waals surface area (Å²) in [4.78, 5) is 30.2. The van der Waals surface area contributed by atoms with E-state index in [1.807, 2.05) is 42.5 Å². The molecule has 2 amide bonds. The molecule has 2 N–H and O–H groups in total. The van der Waals surface area contributed by atoms with Gasteiger partial charge < -0.3 is 20.1 Å². The highest BCUT2D eigenvalue weighted by atomic mass is 32.1. The summed E-state index contributed by atoms with van der Waals surface area (Å²) in [5.74, 6) is 0.475. The van der Waals surface area contributed by atoms with Crippen LogP contribution in [0.15, 0.2) is 78.2 Å². The number of anilines is 1. The number of rotatable bonds is 9. The smallest absolute Gasteiger partial charge is 0.275 e. The van der Waals surface area contributed by atoms with Gasteiger partial charge in [0, 0.05) is 11.9 Å². The predicted molar refractivity (Wildman–Crippen MR) is 138 cm³/mol. The first kappa shape index (κ1) is 24.0. The SMILES string of the molecule is COc1cccc(-c2nc(C(=O)Nc3ccccc3C(=O)NCCc3ccccc3)cs2)c1OC. The normalized spacial score (nSPS) is 10.5. The van der Waals surface area contributed by atoms with Crippen LogP contribution in [0.4, 0.5) is 5.69 Å². The molecule has 1 aromatic heterocycles. The first-order valence-electron chi connectivity index (χ1n) is 11.0. The third-order valence-electron chi connectivity index (χ3n) is 5.33. The van der Waals surface area contributed by atoms with E-state index in [1.165, 1.54) is 11.3 Å². The fraction of sp³-hybridized carbons (Fsp3) is 0.148. The van der Waals surface area contributed by atoms with Gasteiger partial charge in [0.05, 0.1) is 31.0 Å². The number of hydrogen-bond donors (Lipinski definition) is 2. The Bertz CT molecular complexity index is 1320. The summed E-state index contributed by atoms with van der Waals surface area (Å²) >= 11 is 1.32. The lowest BCUT2D eigenvalue weighted by molar-refractivity contribution is 0.0955. The Labute approximate surface area is 207 Å². The lowest BCUT2D eigenvalue weighted by Gasteiger charge is -2.11. The van der Waals surface area contributed by atoms with Crippen molar-refractivity contribution in [1.29, 1.82) is 0 Å². The first-order valence-corrected chi connectivity index (χ1v) is 11.9. The Balaban J connectivity index is 1.46. The van der Waals surface area contributed by atoms with Crippen LogP contribution in [0.25, 0.3) is 10.6 Å². The van der Waals surface area contributed by atoms with E-state index in [9.17, 15) is 9.59 Å². The molecule has 8 heteroatoms. The number of nitrogens with one attached hydrogen (secondary N) is 2. The molecule has 0 radical (unpaired) electrons. The maximum Gasteiger partial charge on any atom is 0.275 e. The fourth-order valence-electron chi connectivity index (χ4n) is 3.59. The Morgan fingerprint density at radius 3 is 2.43 bits per heavy atom. The summed E-state index contributed by atoms with van der Waals surface area (Å²) in [5, 5.41) is 8.04. The van der Waals surface area contributed by atoms with Crippen LogP contribution in [0.2, 0.25) is 0 Å². The van der Waals surface area contributed by atoms with Crippen LogP contribution < -0.4 is 20.1 Å². The van der Waals surface area contributed by atoms with E-state index in [2.05, 4.69) is 15.6 Å². The summed E-state index contributed by atoms with van der Waals surface area (Å²) in [6.07, 6.45) is 0.719. The second-order valence-electron chi connectivity index (χ2n) is 7.57. The van der Waals surface area contributed by atoms with Crippen molar-refractivity contribution in [2.45, 2.75) is 6.42 Å². The Morgan fingerprint density at radius 1 is 0.886 bits per heavy atom. The Kier molecular flexibility index (Phi) is 7.74. The molecular weight excluding hydrogens is 462 g/mol. The minimum Gasteiger partial charge on any atom is -0.493 e. The van der Waals surface area contributed by atoms with Crippen molar-refractivity contribution < 1.29 is 19.1 Å². The van der Waals surface area contributed by atoms with E-state index in [0.717, 1.165) is 17.5 Å². The number of methoxy groups -OCH3 is 2. The number of aromatic nitrogens is 1. The average Bonchev–Trinajstić information content (AvgIpc) is 3.39. The van der Waals surface area contributed by atoms with Gasteiger partial charge in [0.2, 0.25) is 0 Å². The Hall–Kier alpha value is -4.17. The maximum atomic E-state index is 13.0. The standard InChI is InChI=1S/C27H25N3O4S/c1-33-23-14-8-12-20(24(23)34-2)27-30-22(17-35-27)26(32)29-21-13-7-6-11-19(21)25(31)28-16-15-18-9-4-3-5-10-18/h3-14,17H,15-16H2,1-2H3,(H,28,31)(H,29,32). The van der Waals surface area contributed by atoms with E-state index >= 15 is 0 Å². The highest BCUT2D eigenvalue weighted by Crippen LogP contribution is 2.39. The molecule has 0 unspecified atom stereocenters. The second kappa shape index (κ2) is 11.3. The predicted octanol–water partition coefficient (Wildman–Crippen LogP) is 5.05. The molecule has 0 aliphatic heterocycles. The van der Waals surface area contributed by atoms with Gasteiger partial charge in [0.15, 0.2) is 11.5 Å². The summed E-state index contributed by atoms with van der Waals surface area (Å²) in [5.41, 5.74) is 2.92. The van der Waals surface area contributed by atoms with Crippen molar-refractivity contribution in [3.63, 3.8) is 0 Å². The van der Waals surface area contributed by atoms with Crippen LogP contribution in [-0.2, 0) is 6.42 Å². The molecule has 0 fully saturated rings. The van der Waals surface area contributed by atoms with Gasteiger partial charge in [-0.15, -0.1) is 11.3 Å². The number of ether oxygens (including phenoxy) is 2. The van der Waals surface area contributed by atoms with Crippen molar-refractivity contribution in [2.75, 3.05) is 26.1 Å². The number of hydrogen-bond acceptors (Lipinski definition) is 6. The van der Waals surface area contributed by atoms with E-state index in [-0.39, 0.29) is 11.6 Å². The van der Waals surface area contributed by atoms with Crippen molar-refractivity contribution in [2.24, 2.45) is 0 Å². The number of nitrogens with zero attached hydrogens (tertiary/aromatic N) is 1. The molecule has 0 spiro atoms. The van der Waals surface area contributed by atoms with Crippen LogP contribution >= 0.6 is 11.3 Å². The average molecular weight is 488 g/mol. The molecule has 0 saturated heterocycles. The first-order chi connectivity index (χ1) is 17.1. The number of benzene rings is 3. The molecule has 4 aromatic rings. The molecular formula is C27H25N3O4S. The molecule has 0 saturated carbocycles. The number of carbonyl (C=O) groups excluding carboxylic acids is 2. The van der Waals surface area contributed by atoms with Gasteiger partial charge in [0.25, 0.3) is 11.8 Å². The van der Waals surface area contributed by atoms with Gasteiger partial charge in [-0.3, -0.25) is 9.59 Å². The Morgan fingerprint density at radius 2 is 1.66 bits per heavy atom. The van der Waals surface area contributed by atoms with Crippen molar-refractivity contribution >= 4 is 28.8 Å². The molecule has 0 bridgehead atoms. The summed E-state index contributed by atoms with van der Waals surface area (Å²) in [6, 6.07) is 22.3. The summed E-state index contributed by atoms with van der Waals surface area (Å²) < 4.78 is 10.8. The summed E-state index contributed by atoms with van der Waals surface area (Å²) in [7, 11) is 3.13.